The number of nitrogens with zero attached hydrogens (tertiary/aromatic N) is 4. The molecule has 3 saturated heterocycles. The fourth-order valence-corrected chi connectivity index (χ4v) is 11.4. The molecule has 3 N–H and O–H groups in total. The minimum atomic E-state index is -4.54. The van der Waals surface area contributed by atoms with Crippen molar-refractivity contribution in [2.24, 2.45) is 17.3 Å². The number of anilines is 2. The second-order valence-corrected chi connectivity index (χ2v) is 20.1. The quantitative estimate of drug-likeness (QED) is 0.0718. The van der Waals surface area contributed by atoms with E-state index < -0.39 is 31.4 Å². The lowest BCUT2D eigenvalue weighted by molar-refractivity contribution is -0.384. The molecule has 5 heterocycles. The summed E-state index contributed by atoms with van der Waals surface area (Å²) in [6.45, 7) is 9.21. The van der Waals surface area contributed by atoms with Gasteiger partial charge in [-0.3, -0.25) is 19.8 Å². The number of carbonyl (C=O) groups is 1. The number of nitrogens with one attached hydrogen (secondary N) is 3. The molecule has 1 atom stereocenters. The Morgan fingerprint density at radius 2 is 1.81 bits per heavy atom. The number of likely N-dealkylation sites (tertiary alicyclic amines) is 1. The number of hydrogen-bond donors (Lipinski definition) is 3. The highest BCUT2D eigenvalue weighted by Gasteiger charge is 2.50. The average Bonchev–Trinajstić information content (AvgIpc) is 3.95. The Balaban J connectivity index is 0.898. The molecule has 14 nitrogen and oxygen atoms in total. The van der Waals surface area contributed by atoms with E-state index in [9.17, 15) is 23.3 Å². The molecule has 2 aromatic heterocycles. The SMILES string of the molecule is CC(C)Cc1ccccc1[C@@H]1CCCN1C1CC2(CCN(c3ccc(C(=O)NS(=O)(=O)c4ccc(NCC5CCOCC5)c([N+](=O)[O-])c4)c(Oc4cnc5[nH]ccc5c4)c3)CC2)C1. The van der Waals surface area contributed by atoms with Gasteiger partial charge in [-0.1, -0.05) is 38.1 Å². The molecule has 5 aromatic rings. The van der Waals surface area contributed by atoms with Crippen LogP contribution in [0.4, 0.5) is 17.1 Å². The van der Waals surface area contributed by atoms with Gasteiger partial charge in [-0.25, -0.2) is 18.1 Å². The van der Waals surface area contributed by atoms with Crippen LogP contribution in [-0.2, 0) is 21.2 Å². The number of aromatic nitrogens is 2. The molecule has 63 heavy (non-hydrogen) atoms. The van der Waals surface area contributed by atoms with E-state index in [1.54, 1.807) is 30.6 Å². The lowest BCUT2D eigenvalue weighted by Crippen LogP contribution is -2.54. The Morgan fingerprint density at radius 3 is 2.59 bits per heavy atom. The standard InChI is InChI=1S/C48H57N7O7S/c1-32(2)24-34-6-3-4-7-40(34)43-8-5-19-54(43)37-28-48(29-37)16-20-53(21-17-48)36-9-11-41(45(26-36)62-38-25-35-13-18-49-46(35)51-31-38)47(56)52-63(59,60)39-10-12-42(44(27-39)55(57)58)50-30-33-14-22-61-23-15-33/h3-4,6-7,9-13,18,25-27,31-33,37,43,50H,5,8,14-17,19-24,28-30H2,1-2H3,(H,49,51)(H,52,56)/t43-/m0/s1. The zero-order valence-corrected chi connectivity index (χ0v) is 36.9. The minimum absolute atomic E-state index is 0.00816. The van der Waals surface area contributed by atoms with Crippen LogP contribution in [0.5, 0.6) is 11.5 Å². The van der Waals surface area contributed by atoms with Gasteiger partial charge in [0.05, 0.1) is 21.6 Å². The Kier molecular flexibility index (Phi) is 12.2. The predicted octanol–water partition coefficient (Wildman–Crippen LogP) is 9.01. The van der Waals surface area contributed by atoms with Crippen LogP contribution in [0, 0.1) is 27.4 Å². The maximum absolute atomic E-state index is 14.0. The number of nitro groups is 1. The van der Waals surface area contributed by atoms with Gasteiger partial charge in [-0.05, 0) is 129 Å². The molecule has 1 aliphatic carbocycles. The van der Waals surface area contributed by atoms with Crippen molar-refractivity contribution in [3.8, 4) is 11.5 Å². The van der Waals surface area contributed by atoms with E-state index in [4.69, 9.17) is 9.47 Å². The van der Waals surface area contributed by atoms with E-state index in [2.05, 4.69) is 67.9 Å². The summed E-state index contributed by atoms with van der Waals surface area (Å²) < 4.78 is 41.3. The van der Waals surface area contributed by atoms with Crippen LogP contribution >= 0.6 is 0 Å². The van der Waals surface area contributed by atoms with Crippen LogP contribution in [0.1, 0.15) is 92.7 Å². The third-order valence-electron chi connectivity index (χ3n) is 13.8. The Morgan fingerprint density at radius 1 is 1.02 bits per heavy atom. The molecule has 332 valence electrons. The zero-order valence-electron chi connectivity index (χ0n) is 36.1. The maximum atomic E-state index is 14.0. The van der Waals surface area contributed by atoms with Crippen LogP contribution < -0.4 is 19.7 Å². The van der Waals surface area contributed by atoms with Crippen LogP contribution in [0.2, 0.25) is 0 Å². The van der Waals surface area contributed by atoms with Crippen molar-refractivity contribution in [1.29, 1.82) is 0 Å². The highest BCUT2D eigenvalue weighted by molar-refractivity contribution is 7.90. The predicted molar refractivity (Wildman–Crippen MR) is 243 cm³/mol. The van der Waals surface area contributed by atoms with Gasteiger partial charge in [0.25, 0.3) is 21.6 Å². The summed E-state index contributed by atoms with van der Waals surface area (Å²) >= 11 is 0. The maximum Gasteiger partial charge on any atom is 0.293 e. The molecule has 3 aromatic carbocycles. The summed E-state index contributed by atoms with van der Waals surface area (Å²) in [6.07, 6.45) is 13.1. The highest BCUT2D eigenvalue weighted by atomic mass is 32.2. The van der Waals surface area contributed by atoms with E-state index >= 15 is 0 Å². The monoisotopic (exact) mass is 875 g/mol. The van der Waals surface area contributed by atoms with Crippen molar-refractivity contribution in [2.45, 2.75) is 88.6 Å². The summed E-state index contributed by atoms with van der Waals surface area (Å²) in [5, 5.41) is 16.0. The van der Waals surface area contributed by atoms with Crippen LogP contribution in [0.25, 0.3) is 11.0 Å². The number of amides is 1. The number of sulfonamides is 1. The number of benzene rings is 3. The summed E-state index contributed by atoms with van der Waals surface area (Å²) in [7, 11) is -4.54. The summed E-state index contributed by atoms with van der Waals surface area (Å²) in [4.78, 5) is 37.6. The molecule has 3 aliphatic heterocycles. The molecule has 9 rings (SSSR count). The first-order chi connectivity index (χ1) is 30.4. The molecule has 0 unspecified atom stereocenters. The smallest absolute Gasteiger partial charge is 0.293 e. The van der Waals surface area contributed by atoms with Gasteiger partial charge in [0.1, 0.15) is 22.8 Å². The third-order valence-corrected chi connectivity index (χ3v) is 15.1. The van der Waals surface area contributed by atoms with E-state index in [1.807, 2.05) is 12.1 Å². The summed E-state index contributed by atoms with van der Waals surface area (Å²) in [5.74, 6) is 0.511. The van der Waals surface area contributed by atoms with Crippen molar-refractivity contribution >= 4 is 44.0 Å². The van der Waals surface area contributed by atoms with Crippen molar-refractivity contribution in [3.63, 3.8) is 0 Å². The minimum Gasteiger partial charge on any atom is -0.455 e. The molecule has 4 fully saturated rings. The van der Waals surface area contributed by atoms with Gasteiger partial charge in [0, 0.05) is 74.3 Å². The number of nitro benzene ring substituents is 1. The number of piperidine rings is 1. The normalized spacial score (nSPS) is 19.7. The van der Waals surface area contributed by atoms with Gasteiger partial charge in [0.2, 0.25) is 0 Å². The number of rotatable bonds is 14. The fraction of sp³-hybridized carbons (Fsp3) is 0.458. The summed E-state index contributed by atoms with van der Waals surface area (Å²) in [6, 6.07) is 22.6. The van der Waals surface area contributed by atoms with Crippen molar-refractivity contribution in [1.82, 2.24) is 19.6 Å². The topological polar surface area (TPSA) is 172 Å². The molecule has 0 radical (unpaired) electrons. The Hall–Kier alpha value is -5.51. The molecule has 1 saturated carbocycles. The van der Waals surface area contributed by atoms with E-state index in [-0.39, 0.29) is 22.9 Å². The lowest BCUT2D eigenvalue weighted by Gasteiger charge is -2.56. The van der Waals surface area contributed by atoms with Gasteiger partial charge < -0.3 is 24.7 Å². The Bertz CT molecular complexity index is 2570. The molecule has 1 spiro atoms. The number of pyridine rings is 1. The molecule has 15 heteroatoms. The van der Waals surface area contributed by atoms with E-state index in [0.29, 0.717) is 54.6 Å². The first-order valence-corrected chi connectivity index (χ1v) is 23.9. The first kappa shape index (κ1) is 42.8. The van der Waals surface area contributed by atoms with E-state index in [1.165, 1.54) is 48.9 Å². The number of aromatic amines is 1. The lowest BCUT2D eigenvalue weighted by atomic mass is 9.59. The van der Waals surface area contributed by atoms with Gasteiger partial charge in [-0.2, -0.15) is 0 Å². The highest BCUT2D eigenvalue weighted by Crippen LogP contribution is 2.54. The van der Waals surface area contributed by atoms with Crippen molar-refractivity contribution in [2.75, 3.05) is 49.6 Å². The molecule has 4 aliphatic rings. The number of H-pyrrole nitrogens is 1. The number of ether oxygens (including phenoxy) is 2. The van der Waals surface area contributed by atoms with Gasteiger partial charge in [-0.15, -0.1) is 0 Å². The number of fused-ring (bicyclic) bond motifs is 1. The second kappa shape index (κ2) is 17.9. The molecular weight excluding hydrogens is 819 g/mol. The van der Waals surface area contributed by atoms with Crippen LogP contribution in [-0.4, -0.2) is 79.6 Å². The van der Waals surface area contributed by atoms with Gasteiger partial charge >= 0.3 is 0 Å². The number of carbonyl (C=O) groups excluding carboxylic acids is 1. The van der Waals surface area contributed by atoms with Crippen molar-refractivity contribution < 1.29 is 27.6 Å². The third kappa shape index (κ3) is 9.27. The van der Waals surface area contributed by atoms with Crippen LogP contribution in [0.15, 0.2) is 90.1 Å². The zero-order chi connectivity index (χ0) is 43.7. The first-order valence-electron chi connectivity index (χ1n) is 22.4. The van der Waals surface area contributed by atoms with Crippen LogP contribution in [0.3, 0.4) is 0 Å². The fourth-order valence-electron chi connectivity index (χ4n) is 10.4. The summed E-state index contributed by atoms with van der Waals surface area (Å²) in [5.41, 5.74) is 4.66. The van der Waals surface area contributed by atoms with Gasteiger partial charge in [0.15, 0.2) is 0 Å². The van der Waals surface area contributed by atoms with Crippen molar-refractivity contribution in [3.05, 3.63) is 112 Å². The number of hydrogen-bond acceptors (Lipinski definition) is 11. The Labute approximate surface area is 369 Å². The molecule has 1 amide bonds. The second-order valence-electron chi connectivity index (χ2n) is 18.4. The molecule has 0 bridgehead atoms. The van der Waals surface area contributed by atoms with E-state index in [0.717, 1.165) is 68.9 Å². The molecular formula is C48H57N7O7S. The largest absolute Gasteiger partial charge is 0.455 e. The average molecular weight is 876 g/mol.